The van der Waals surface area contributed by atoms with E-state index >= 15 is 0 Å². The van der Waals surface area contributed by atoms with Gasteiger partial charge in [-0.3, -0.25) is 14.5 Å². The van der Waals surface area contributed by atoms with Gasteiger partial charge in [-0.2, -0.15) is 0 Å². The van der Waals surface area contributed by atoms with Crippen LogP contribution >= 0.6 is 11.6 Å². The van der Waals surface area contributed by atoms with Gasteiger partial charge in [-0.05, 0) is 29.4 Å². The van der Waals surface area contributed by atoms with Crippen molar-refractivity contribution in [2.24, 2.45) is 5.18 Å². The van der Waals surface area contributed by atoms with E-state index in [1.165, 1.54) is 34.9 Å². The largest absolute Gasteiger partial charge is 0.280 e. The SMILES string of the molecule is O=Nc1c(-c2ccc([N+](=O)[O-])cc2)nc2ccc(Cl)cn12. The van der Waals surface area contributed by atoms with Crippen LogP contribution in [0.2, 0.25) is 5.02 Å². The number of pyridine rings is 1. The number of aromatic nitrogens is 2. The van der Waals surface area contributed by atoms with Gasteiger partial charge in [0.15, 0.2) is 0 Å². The lowest BCUT2D eigenvalue weighted by Gasteiger charge is -1.98. The Bertz CT molecular complexity index is 858. The van der Waals surface area contributed by atoms with Gasteiger partial charge >= 0.3 is 0 Å². The lowest BCUT2D eigenvalue weighted by Crippen LogP contribution is -1.87. The summed E-state index contributed by atoms with van der Waals surface area (Å²) in [6.45, 7) is 0. The number of non-ortho nitro benzene ring substituents is 1. The Kier molecular flexibility index (Phi) is 3.11. The van der Waals surface area contributed by atoms with Crippen LogP contribution in [0.15, 0.2) is 47.8 Å². The lowest BCUT2D eigenvalue weighted by atomic mass is 10.1. The normalized spacial score (nSPS) is 10.7. The standard InChI is InChI=1S/C13H7ClN4O3/c14-9-3-6-11-15-12(13(16-19)17(11)7-9)8-1-4-10(5-2-8)18(20)21/h1-7H. The van der Waals surface area contributed by atoms with Crippen LogP contribution in [0.1, 0.15) is 0 Å². The van der Waals surface area contributed by atoms with E-state index in [1.54, 1.807) is 12.1 Å². The van der Waals surface area contributed by atoms with Gasteiger partial charge in [-0.25, -0.2) is 4.98 Å². The van der Waals surface area contributed by atoms with E-state index in [9.17, 15) is 15.0 Å². The maximum absolute atomic E-state index is 11.1. The van der Waals surface area contributed by atoms with Gasteiger partial charge in [-0.15, -0.1) is 4.91 Å². The maximum atomic E-state index is 11.1. The molecule has 3 aromatic rings. The van der Waals surface area contributed by atoms with Crippen molar-refractivity contribution in [3.63, 3.8) is 0 Å². The molecule has 0 spiro atoms. The molecule has 0 aliphatic heterocycles. The summed E-state index contributed by atoms with van der Waals surface area (Å²) in [7, 11) is 0. The van der Waals surface area contributed by atoms with Crippen molar-refractivity contribution >= 4 is 28.8 Å². The molecule has 0 N–H and O–H groups in total. The van der Waals surface area contributed by atoms with Crippen LogP contribution in [0.5, 0.6) is 0 Å². The molecule has 0 saturated heterocycles. The Labute approximate surface area is 122 Å². The minimum atomic E-state index is -0.494. The zero-order valence-corrected chi connectivity index (χ0v) is 11.2. The highest BCUT2D eigenvalue weighted by atomic mass is 35.5. The first kappa shape index (κ1) is 13.2. The molecule has 0 amide bonds. The first-order valence-corrected chi connectivity index (χ1v) is 6.24. The number of fused-ring (bicyclic) bond motifs is 1. The number of nitro benzene ring substituents is 1. The molecule has 0 aliphatic carbocycles. The molecule has 0 atom stereocenters. The smallest absolute Gasteiger partial charge is 0.269 e. The van der Waals surface area contributed by atoms with E-state index in [2.05, 4.69) is 10.2 Å². The quantitative estimate of drug-likeness (QED) is 0.416. The summed E-state index contributed by atoms with van der Waals surface area (Å²) in [4.78, 5) is 25.6. The number of hydrogen-bond donors (Lipinski definition) is 0. The third-order valence-electron chi connectivity index (χ3n) is 3.00. The Morgan fingerprint density at radius 2 is 1.90 bits per heavy atom. The predicted octanol–water partition coefficient (Wildman–Crippen LogP) is 3.96. The average Bonchev–Trinajstić information content (AvgIpc) is 2.85. The predicted molar refractivity (Wildman–Crippen MR) is 77.7 cm³/mol. The molecule has 3 rings (SSSR count). The second kappa shape index (κ2) is 4.95. The summed E-state index contributed by atoms with van der Waals surface area (Å²) >= 11 is 5.89. The summed E-state index contributed by atoms with van der Waals surface area (Å²) in [5, 5.41) is 14.1. The molecular formula is C13H7ClN4O3. The molecule has 0 radical (unpaired) electrons. The second-order valence-corrected chi connectivity index (χ2v) is 4.69. The summed E-state index contributed by atoms with van der Waals surface area (Å²) in [5.41, 5.74) is 1.39. The Morgan fingerprint density at radius 1 is 1.19 bits per heavy atom. The molecule has 0 saturated carbocycles. The average molecular weight is 303 g/mol. The number of nitroso groups, excluding NO2 is 1. The minimum absolute atomic E-state index is 0.0360. The van der Waals surface area contributed by atoms with Gasteiger partial charge in [0, 0.05) is 23.9 Å². The first-order valence-electron chi connectivity index (χ1n) is 5.86. The van der Waals surface area contributed by atoms with Crippen molar-refractivity contribution in [3.05, 3.63) is 62.6 Å². The second-order valence-electron chi connectivity index (χ2n) is 4.25. The molecule has 0 fully saturated rings. The van der Waals surface area contributed by atoms with E-state index < -0.39 is 4.92 Å². The van der Waals surface area contributed by atoms with Gasteiger partial charge < -0.3 is 0 Å². The fraction of sp³-hybridized carbons (Fsp3) is 0. The van der Waals surface area contributed by atoms with Gasteiger partial charge in [0.2, 0.25) is 5.82 Å². The lowest BCUT2D eigenvalue weighted by molar-refractivity contribution is -0.384. The van der Waals surface area contributed by atoms with Gasteiger partial charge in [-0.1, -0.05) is 11.6 Å². The number of rotatable bonds is 3. The van der Waals surface area contributed by atoms with Gasteiger partial charge in [0.05, 0.1) is 9.95 Å². The number of halogens is 1. The molecule has 0 bridgehead atoms. The molecule has 2 aromatic heterocycles. The van der Waals surface area contributed by atoms with Crippen molar-refractivity contribution in [2.45, 2.75) is 0 Å². The molecule has 0 unspecified atom stereocenters. The van der Waals surface area contributed by atoms with E-state index in [-0.39, 0.29) is 11.5 Å². The van der Waals surface area contributed by atoms with Crippen molar-refractivity contribution in [3.8, 4) is 11.3 Å². The molecule has 2 heterocycles. The van der Waals surface area contributed by atoms with Crippen LogP contribution in [0.3, 0.4) is 0 Å². The van der Waals surface area contributed by atoms with Crippen molar-refractivity contribution in [1.82, 2.24) is 9.38 Å². The van der Waals surface area contributed by atoms with Crippen LogP contribution in [0, 0.1) is 15.0 Å². The Morgan fingerprint density at radius 3 is 2.52 bits per heavy atom. The molecule has 1 aromatic carbocycles. The molecule has 21 heavy (non-hydrogen) atoms. The molecular weight excluding hydrogens is 296 g/mol. The van der Waals surface area contributed by atoms with E-state index in [0.29, 0.717) is 21.9 Å². The van der Waals surface area contributed by atoms with Gasteiger partial charge in [0.25, 0.3) is 5.69 Å². The number of hydrogen-bond acceptors (Lipinski definition) is 5. The van der Waals surface area contributed by atoms with E-state index in [1.807, 2.05) is 0 Å². The van der Waals surface area contributed by atoms with Crippen LogP contribution in [-0.4, -0.2) is 14.3 Å². The molecule has 8 heteroatoms. The number of imidazole rings is 1. The minimum Gasteiger partial charge on any atom is -0.280 e. The van der Waals surface area contributed by atoms with Crippen LogP contribution in [0.25, 0.3) is 16.9 Å². The summed E-state index contributed by atoms with van der Waals surface area (Å²) in [5.74, 6) is 0.0985. The van der Waals surface area contributed by atoms with E-state index in [4.69, 9.17) is 11.6 Å². The highest BCUT2D eigenvalue weighted by molar-refractivity contribution is 6.30. The maximum Gasteiger partial charge on any atom is 0.269 e. The summed E-state index contributed by atoms with van der Waals surface area (Å²) < 4.78 is 1.48. The Hall–Kier alpha value is -2.80. The molecule has 104 valence electrons. The number of nitro groups is 1. The highest BCUT2D eigenvalue weighted by Crippen LogP contribution is 2.32. The fourth-order valence-electron chi connectivity index (χ4n) is 2.03. The third-order valence-corrected chi connectivity index (χ3v) is 3.22. The van der Waals surface area contributed by atoms with Crippen LogP contribution < -0.4 is 0 Å². The Balaban J connectivity index is 2.19. The number of benzene rings is 1. The zero-order valence-electron chi connectivity index (χ0n) is 10.4. The molecule has 7 nitrogen and oxygen atoms in total. The van der Waals surface area contributed by atoms with Crippen LogP contribution in [0.4, 0.5) is 11.5 Å². The monoisotopic (exact) mass is 302 g/mol. The van der Waals surface area contributed by atoms with E-state index in [0.717, 1.165) is 0 Å². The number of nitrogens with zero attached hydrogens (tertiary/aromatic N) is 4. The third kappa shape index (κ3) is 2.23. The van der Waals surface area contributed by atoms with Crippen LogP contribution in [-0.2, 0) is 0 Å². The highest BCUT2D eigenvalue weighted by Gasteiger charge is 2.16. The fourth-order valence-corrected chi connectivity index (χ4v) is 2.19. The summed E-state index contributed by atoms with van der Waals surface area (Å²) in [6, 6.07) is 9.05. The van der Waals surface area contributed by atoms with Crippen molar-refractivity contribution in [1.29, 1.82) is 0 Å². The topological polar surface area (TPSA) is 89.9 Å². The zero-order chi connectivity index (χ0) is 15.0. The van der Waals surface area contributed by atoms with Crippen molar-refractivity contribution < 1.29 is 4.92 Å². The van der Waals surface area contributed by atoms with Gasteiger partial charge in [0.1, 0.15) is 11.3 Å². The first-order chi connectivity index (χ1) is 10.1. The van der Waals surface area contributed by atoms with Crippen molar-refractivity contribution in [2.75, 3.05) is 0 Å². The molecule has 0 aliphatic rings. The summed E-state index contributed by atoms with van der Waals surface area (Å²) in [6.07, 6.45) is 1.54.